The van der Waals surface area contributed by atoms with Gasteiger partial charge >= 0.3 is 0 Å². The number of anilines is 1. The lowest BCUT2D eigenvalue weighted by atomic mass is 10.1. The minimum absolute atomic E-state index is 0.156. The number of hydrogen-bond acceptors (Lipinski definition) is 7. The highest BCUT2D eigenvalue weighted by atomic mass is 28.4. The van der Waals surface area contributed by atoms with Crippen molar-refractivity contribution >= 4 is 25.3 Å². The summed E-state index contributed by atoms with van der Waals surface area (Å²) in [6, 6.07) is 19.8. The molecule has 200 valence electrons. The van der Waals surface area contributed by atoms with Gasteiger partial charge in [0.05, 0.1) is 25.0 Å². The van der Waals surface area contributed by atoms with E-state index in [1.54, 1.807) is 19.5 Å². The van der Waals surface area contributed by atoms with E-state index in [9.17, 15) is 0 Å². The van der Waals surface area contributed by atoms with Gasteiger partial charge in [0.1, 0.15) is 11.3 Å². The first-order valence-corrected chi connectivity index (χ1v) is 15.8. The minimum Gasteiger partial charge on any atom is -0.481 e. The first-order chi connectivity index (χ1) is 18.6. The molecule has 5 rings (SSSR count). The van der Waals surface area contributed by atoms with Gasteiger partial charge in [0.25, 0.3) is 0 Å². The fourth-order valence-corrected chi connectivity index (χ4v) is 5.01. The molecule has 4 aromatic heterocycles. The van der Waals surface area contributed by atoms with Crippen LogP contribution < -0.4 is 10.5 Å². The second-order valence-electron chi connectivity index (χ2n) is 11.0. The molecule has 0 aliphatic heterocycles. The fourth-order valence-electron chi connectivity index (χ4n) is 4.05. The minimum atomic E-state index is -1.85. The van der Waals surface area contributed by atoms with Crippen molar-refractivity contribution in [2.45, 2.75) is 45.5 Å². The molecule has 9 heteroatoms. The number of aromatic nitrogens is 5. The summed E-state index contributed by atoms with van der Waals surface area (Å²) >= 11 is 0. The monoisotopic (exact) mass is 538 g/mol. The van der Waals surface area contributed by atoms with E-state index < -0.39 is 8.32 Å². The number of rotatable bonds is 7. The second kappa shape index (κ2) is 10.2. The van der Waals surface area contributed by atoms with E-state index in [1.165, 1.54) is 0 Å². The number of pyridine rings is 3. The maximum Gasteiger partial charge on any atom is 0.213 e. The summed E-state index contributed by atoms with van der Waals surface area (Å²) in [5.41, 5.74) is 12.2. The molecule has 1 aromatic carbocycles. The zero-order valence-electron chi connectivity index (χ0n) is 23.3. The van der Waals surface area contributed by atoms with Crippen molar-refractivity contribution in [2.75, 3.05) is 12.8 Å². The van der Waals surface area contributed by atoms with Gasteiger partial charge < -0.3 is 14.9 Å². The van der Waals surface area contributed by atoms with Crippen LogP contribution in [0.15, 0.2) is 73.1 Å². The maximum atomic E-state index is 6.44. The van der Waals surface area contributed by atoms with E-state index in [2.05, 4.69) is 68.1 Å². The highest BCUT2D eigenvalue weighted by Gasteiger charge is 2.37. The normalized spacial score (nSPS) is 12.2. The number of imidazole rings is 1. The molecule has 0 aliphatic carbocycles. The quantitative estimate of drug-likeness (QED) is 0.231. The van der Waals surface area contributed by atoms with Gasteiger partial charge in [0, 0.05) is 29.7 Å². The van der Waals surface area contributed by atoms with Crippen molar-refractivity contribution in [1.82, 2.24) is 24.5 Å². The predicted octanol–water partition coefficient (Wildman–Crippen LogP) is 6.66. The van der Waals surface area contributed by atoms with Crippen LogP contribution in [0, 0.1) is 0 Å². The van der Waals surface area contributed by atoms with Crippen LogP contribution in [0.2, 0.25) is 18.1 Å². The number of nitrogens with two attached hydrogens (primary N) is 1. The third-order valence-corrected chi connectivity index (χ3v) is 11.9. The number of hydrogen-bond donors (Lipinski definition) is 1. The van der Waals surface area contributed by atoms with Crippen LogP contribution in [0.25, 0.3) is 39.5 Å². The van der Waals surface area contributed by atoms with E-state index in [1.807, 2.05) is 41.0 Å². The molecular weight excluding hydrogens is 504 g/mol. The van der Waals surface area contributed by atoms with Crippen LogP contribution in [-0.4, -0.2) is 39.9 Å². The highest BCUT2D eigenvalue weighted by molar-refractivity contribution is 6.74. The average Bonchev–Trinajstić information content (AvgIpc) is 3.30. The average molecular weight is 539 g/mol. The Bertz CT molecular complexity index is 1620. The van der Waals surface area contributed by atoms with E-state index in [0.29, 0.717) is 29.8 Å². The van der Waals surface area contributed by atoms with Crippen LogP contribution in [0.3, 0.4) is 0 Å². The summed E-state index contributed by atoms with van der Waals surface area (Å²) in [6.45, 7) is 11.9. The molecule has 0 atom stereocenters. The Morgan fingerprint density at radius 3 is 2.38 bits per heavy atom. The smallest absolute Gasteiger partial charge is 0.213 e. The molecular formula is C30H34N6O2Si. The Labute approximate surface area is 230 Å². The molecule has 2 N–H and O–H groups in total. The number of methoxy groups -OCH3 is 1. The first kappa shape index (κ1) is 26.5. The van der Waals surface area contributed by atoms with Crippen molar-refractivity contribution in [2.24, 2.45) is 0 Å². The van der Waals surface area contributed by atoms with Crippen LogP contribution in [-0.2, 0) is 11.0 Å². The Morgan fingerprint density at radius 1 is 0.923 bits per heavy atom. The molecule has 0 saturated carbocycles. The summed E-state index contributed by atoms with van der Waals surface area (Å²) in [5.74, 6) is 1.62. The van der Waals surface area contributed by atoms with Crippen molar-refractivity contribution in [1.29, 1.82) is 0 Å². The van der Waals surface area contributed by atoms with Crippen molar-refractivity contribution in [3.63, 3.8) is 0 Å². The molecule has 4 heterocycles. The van der Waals surface area contributed by atoms with Crippen LogP contribution in [0.1, 0.15) is 26.3 Å². The van der Waals surface area contributed by atoms with E-state index in [-0.39, 0.29) is 5.04 Å². The lowest BCUT2D eigenvalue weighted by molar-refractivity contribution is 0.276. The molecule has 0 fully saturated rings. The topological polar surface area (TPSA) is 101 Å². The van der Waals surface area contributed by atoms with Crippen LogP contribution in [0.4, 0.5) is 5.82 Å². The number of ether oxygens (including phenoxy) is 1. The third-order valence-electron chi connectivity index (χ3n) is 7.42. The number of benzene rings is 1. The molecule has 0 bridgehead atoms. The van der Waals surface area contributed by atoms with Crippen LogP contribution in [0.5, 0.6) is 5.88 Å². The standard InChI is InChI=1S/C30H34N6O2Si/c1-30(2,3)39(5,6)38-19-20-9-11-22(12-10-20)36-28(23-8-7-16-33-27(23)31)35-25-14-13-24(34-29(25)36)21-15-17-32-26(18-21)37-4/h7-18H,19H2,1-6H3,(H2,31,33). The Kier molecular flexibility index (Phi) is 6.96. The largest absolute Gasteiger partial charge is 0.481 e. The maximum absolute atomic E-state index is 6.44. The van der Waals surface area contributed by atoms with Crippen molar-refractivity contribution in [3.05, 3.63) is 78.6 Å². The van der Waals surface area contributed by atoms with Crippen molar-refractivity contribution < 1.29 is 9.16 Å². The zero-order valence-corrected chi connectivity index (χ0v) is 24.3. The van der Waals surface area contributed by atoms with Crippen LogP contribution >= 0.6 is 0 Å². The highest BCUT2D eigenvalue weighted by Crippen LogP contribution is 2.37. The molecule has 0 amide bonds. The lowest BCUT2D eigenvalue weighted by Crippen LogP contribution is -2.40. The van der Waals surface area contributed by atoms with E-state index in [4.69, 9.17) is 24.9 Å². The number of nitrogen functional groups attached to an aromatic ring is 1. The second-order valence-corrected chi connectivity index (χ2v) is 15.9. The van der Waals surface area contributed by atoms with Gasteiger partial charge in [0.2, 0.25) is 5.88 Å². The Morgan fingerprint density at radius 2 is 1.69 bits per heavy atom. The predicted molar refractivity (Wildman–Crippen MR) is 158 cm³/mol. The van der Waals surface area contributed by atoms with Gasteiger partial charge in [-0.3, -0.25) is 4.57 Å². The summed E-state index contributed by atoms with van der Waals surface area (Å²) in [4.78, 5) is 18.5. The number of fused-ring (bicyclic) bond motifs is 1. The molecule has 0 spiro atoms. The molecule has 8 nitrogen and oxygen atoms in total. The van der Waals surface area contributed by atoms with E-state index in [0.717, 1.165) is 33.6 Å². The van der Waals surface area contributed by atoms with E-state index >= 15 is 0 Å². The molecule has 0 radical (unpaired) electrons. The summed E-state index contributed by atoms with van der Waals surface area (Å²) in [7, 11) is -0.254. The lowest BCUT2D eigenvalue weighted by Gasteiger charge is -2.36. The first-order valence-electron chi connectivity index (χ1n) is 12.9. The molecule has 0 saturated heterocycles. The Balaban J connectivity index is 1.60. The molecule has 5 aromatic rings. The molecule has 0 aliphatic rings. The summed E-state index contributed by atoms with van der Waals surface area (Å²) < 4.78 is 13.8. The number of nitrogens with zero attached hydrogens (tertiary/aromatic N) is 5. The van der Waals surface area contributed by atoms with Gasteiger partial charge in [-0.1, -0.05) is 32.9 Å². The van der Waals surface area contributed by atoms with Gasteiger partial charge in [-0.2, -0.15) is 0 Å². The summed E-state index contributed by atoms with van der Waals surface area (Å²) in [5, 5.41) is 0.156. The summed E-state index contributed by atoms with van der Waals surface area (Å²) in [6.07, 6.45) is 3.39. The van der Waals surface area contributed by atoms with Gasteiger partial charge in [-0.15, -0.1) is 0 Å². The van der Waals surface area contributed by atoms with Gasteiger partial charge in [-0.05, 0) is 66.2 Å². The zero-order chi connectivity index (χ0) is 27.8. The van der Waals surface area contributed by atoms with Gasteiger partial charge in [-0.25, -0.2) is 19.9 Å². The molecule has 39 heavy (non-hydrogen) atoms. The van der Waals surface area contributed by atoms with Gasteiger partial charge in [0.15, 0.2) is 19.8 Å². The third kappa shape index (κ3) is 5.28. The fraction of sp³-hybridized carbons (Fsp3) is 0.267. The SMILES string of the molecule is COc1cc(-c2ccc3nc(-c4cccnc4N)n(-c4ccc(CO[Si](C)(C)C(C)(C)C)cc4)c3n2)ccn1. The Hall–Kier alpha value is -4.08. The van der Waals surface area contributed by atoms with Crippen molar-refractivity contribution in [3.8, 4) is 34.2 Å². The molecule has 0 unspecified atom stereocenters.